The summed E-state index contributed by atoms with van der Waals surface area (Å²) in [7, 11) is 1.65. The Morgan fingerprint density at radius 1 is 1.07 bits per heavy atom. The van der Waals surface area contributed by atoms with E-state index < -0.39 is 0 Å². The quantitative estimate of drug-likeness (QED) is 0.590. The van der Waals surface area contributed by atoms with Crippen LogP contribution in [0, 0.1) is 13.8 Å². The maximum atomic E-state index is 12.1. The van der Waals surface area contributed by atoms with Crippen LogP contribution in [0.15, 0.2) is 54.6 Å². The molecule has 0 spiro atoms. The zero-order valence-corrected chi connectivity index (χ0v) is 15.9. The Balaban J connectivity index is 1.65. The van der Waals surface area contributed by atoms with Crippen LogP contribution in [-0.2, 0) is 22.6 Å². The van der Waals surface area contributed by atoms with Gasteiger partial charge in [-0.05, 0) is 43.5 Å². The van der Waals surface area contributed by atoms with Gasteiger partial charge in [0.05, 0.1) is 18.5 Å². The molecule has 0 aliphatic rings. The van der Waals surface area contributed by atoms with Crippen LogP contribution in [0.25, 0.3) is 5.69 Å². The minimum atomic E-state index is -0.202. The van der Waals surface area contributed by atoms with Crippen molar-refractivity contribution in [3.05, 3.63) is 77.1 Å². The molecule has 0 unspecified atom stereocenters. The fourth-order valence-electron chi connectivity index (χ4n) is 3.07. The third-order valence-corrected chi connectivity index (χ3v) is 4.56. The second-order valence-electron chi connectivity index (χ2n) is 6.41. The molecule has 2 aromatic carbocycles. The molecule has 0 saturated carbocycles. The number of benzene rings is 2. The monoisotopic (exact) mass is 364 g/mol. The molecule has 0 radical (unpaired) electrons. The van der Waals surface area contributed by atoms with Gasteiger partial charge in [0.1, 0.15) is 12.4 Å². The molecule has 0 saturated heterocycles. The van der Waals surface area contributed by atoms with Gasteiger partial charge in [0.25, 0.3) is 0 Å². The fourth-order valence-corrected chi connectivity index (χ4v) is 3.07. The summed E-state index contributed by atoms with van der Waals surface area (Å²) in [5.41, 5.74) is 4.95. The number of methoxy groups -OCH3 is 1. The summed E-state index contributed by atoms with van der Waals surface area (Å²) in [5, 5.41) is 4.64. The standard InChI is InChI=1S/C22H24N2O3/c1-16-21(12-13-22(25)27-15-18-8-5-4-6-9-18)17(2)24(23-16)19-10-7-11-20(14-19)26-3/h4-11,14H,12-13,15H2,1-3H3. The number of esters is 1. The molecule has 1 heterocycles. The van der Waals surface area contributed by atoms with Crippen LogP contribution in [0.3, 0.4) is 0 Å². The zero-order valence-electron chi connectivity index (χ0n) is 15.9. The normalized spacial score (nSPS) is 10.6. The summed E-state index contributed by atoms with van der Waals surface area (Å²) in [6.45, 7) is 4.29. The predicted molar refractivity (Wildman–Crippen MR) is 104 cm³/mol. The van der Waals surface area contributed by atoms with Gasteiger partial charge in [0, 0.05) is 18.2 Å². The second-order valence-corrected chi connectivity index (χ2v) is 6.41. The summed E-state index contributed by atoms with van der Waals surface area (Å²) in [4.78, 5) is 12.1. The Kier molecular flexibility index (Phi) is 5.91. The number of hydrogen-bond donors (Lipinski definition) is 0. The molecule has 1 aromatic heterocycles. The smallest absolute Gasteiger partial charge is 0.306 e. The molecule has 0 aliphatic carbocycles. The number of rotatable bonds is 7. The number of nitrogens with zero attached hydrogens (tertiary/aromatic N) is 2. The van der Waals surface area contributed by atoms with E-state index in [4.69, 9.17) is 9.47 Å². The largest absolute Gasteiger partial charge is 0.497 e. The Labute approximate surface area is 159 Å². The average Bonchev–Trinajstić information content (AvgIpc) is 2.99. The first-order valence-corrected chi connectivity index (χ1v) is 8.97. The van der Waals surface area contributed by atoms with Crippen LogP contribution < -0.4 is 4.74 Å². The first-order chi connectivity index (χ1) is 13.1. The Bertz CT molecular complexity index is 917. The average molecular weight is 364 g/mol. The lowest BCUT2D eigenvalue weighted by molar-refractivity contribution is -0.144. The van der Waals surface area contributed by atoms with Gasteiger partial charge in [0.2, 0.25) is 0 Å². The molecular formula is C22H24N2O3. The van der Waals surface area contributed by atoms with E-state index in [2.05, 4.69) is 5.10 Å². The summed E-state index contributed by atoms with van der Waals surface area (Å²) >= 11 is 0. The van der Waals surface area contributed by atoms with E-state index in [1.54, 1.807) is 7.11 Å². The molecule has 0 aliphatic heterocycles. The first-order valence-electron chi connectivity index (χ1n) is 8.97. The van der Waals surface area contributed by atoms with Crippen LogP contribution in [0.1, 0.15) is 28.9 Å². The van der Waals surface area contributed by atoms with Crippen molar-refractivity contribution in [2.24, 2.45) is 0 Å². The summed E-state index contributed by atoms with van der Waals surface area (Å²) in [6.07, 6.45) is 0.938. The highest BCUT2D eigenvalue weighted by atomic mass is 16.5. The van der Waals surface area contributed by atoms with Crippen molar-refractivity contribution in [2.45, 2.75) is 33.3 Å². The van der Waals surface area contributed by atoms with E-state index in [0.29, 0.717) is 19.4 Å². The molecule has 27 heavy (non-hydrogen) atoms. The molecule has 0 atom stereocenters. The van der Waals surface area contributed by atoms with Gasteiger partial charge in [-0.15, -0.1) is 0 Å². The number of aromatic nitrogens is 2. The summed E-state index contributed by atoms with van der Waals surface area (Å²) < 4.78 is 12.6. The number of ether oxygens (including phenoxy) is 2. The van der Waals surface area contributed by atoms with Gasteiger partial charge < -0.3 is 9.47 Å². The van der Waals surface area contributed by atoms with Crippen molar-refractivity contribution >= 4 is 5.97 Å². The lowest BCUT2D eigenvalue weighted by Gasteiger charge is -2.08. The lowest BCUT2D eigenvalue weighted by atomic mass is 10.1. The molecule has 0 bridgehead atoms. The molecule has 3 rings (SSSR count). The third kappa shape index (κ3) is 4.56. The SMILES string of the molecule is COc1cccc(-n2nc(C)c(CCC(=O)OCc3ccccc3)c2C)c1. The van der Waals surface area contributed by atoms with Gasteiger partial charge in [-0.25, -0.2) is 4.68 Å². The molecule has 3 aromatic rings. The van der Waals surface area contributed by atoms with Crippen molar-refractivity contribution in [1.82, 2.24) is 9.78 Å². The summed E-state index contributed by atoms with van der Waals surface area (Å²) in [6, 6.07) is 17.5. The van der Waals surface area contributed by atoms with Gasteiger partial charge >= 0.3 is 5.97 Å². The topological polar surface area (TPSA) is 53.4 Å². The van der Waals surface area contributed by atoms with E-state index in [0.717, 1.165) is 34.0 Å². The molecular weight excluding hydrogens is 340 g/mol. The maximum Gasteiger partial charge on any atom is 0.306 e. The van der Waals surface area contributed by atoms with Gasteiger partial charge in [0.15, 0.2) is 0 Å². The molecule has 0 fully saturated rings. The van der Waals surface area contributed by atoms with Gasteiger partial charge in [-0.2, -0.15) is 5.10 Å². The molecule has 140 valence electrons. The van der Waals surface area contributed by atoms with Gasteiger partial charge in [-0.1, -0.05) is 36.4 Å². The van der Waals surface area contributed by atoms with Crippen LogP contribution in [0.5, 0.6) is 5.75 Å². The van der Waals surface area contributed by atoms with Crippen LogP contribution in [-0.4, -0.2) is 22.9 Å². The van der Waals surface area contributed by atoms with E-state index in [-0.39, 0.29) is 5.97 Å². The number of carbonyl (C=O) groups excluding carboxylic acids is 1. The molecule has 5 nitrogen and oxygen atoms in total. The minimum absolute atomic E-state index is 0.202. The molecule has 0 N–H and O–H groups in total. The second kappa shape index (κ2) is 8.54. The van der Waals surface area contributed by atoms with E-state index in [9.17, 15) is 4.79 Å². The zero-order chi connectivity index (χ0) is 19.2. The maximum absolute atomic E-state index is 12.1. The Hall–Kier alpha value is -3.08. The number of aryl methyl sites for hydroxylation is 1. The highest BCUT2D eigenvalue weighted by Crippen LogP contribution is 2.22. The highest BCUT2D eigenvalue weighted by Gasteiger charge is 2.15. The van der Waals surface area contributed by atoms with Crippen molar-refractivity contribution < 1.29 is 14.3 Å². The highest BCUT2D eigenvalue weighted by molar-refractivity contribution is 5.69. The van der Waals surface area contributed by atoms with E-state index in [1.807, 2.05) is 73.1 Å². The van der Waals surface area contributed by atoms with Crippen molar-refractivity contribution in [3.63, 3.8) is 0 Å². The van der Waals surface area contributed by atoms with Crippen molar-refractivity contribution in [1.29, 1.82) is 0 Å². The summed E-state index contributed by atoms with van der Waals surface area (Å²) in [5.74, 6) is 0.581. The van der Waals surface area contributed by atoms with Crippen molar-refractivity contribution in [2.75, 3.05) is 7.11 Å². The third-order valence-electron chi connectivity index (χ3n) is 4.56. The predicted octanol–water partition coefficient (Wildman–Crippen LogP) is 4.17. The fraction of sp³-hybridized carbons (Fsp3) is 0.273. The first kappa shape index (κ1) is 18.7. The van der Waals surface area contributed by atoms with E-state index >= 15 is 0 Å². The number of hydrogen-bond acceptors (Lipinski definition) is 4. The van der Waals surface area contributed by atoms with Crippen LogP contribution >= 0.6 is 0 Å². The molecule has 5 heteroatoms. The van der Waals surface area contributed by atoms with Gasteiger partial charge in [-0.3, -0.25) is 4.79 Å². The number of carbonyl (C=O) groups is 1. The molecule has 0 amide bonds. The van der Waals surface area contributed by atoms with Crippen molar-refractivity contribution in [3.8, 4) is 11.4 Å². The lowest BCUT2D eigenvalue weighted by Crippen LogP contribution is -2.07. The van der Waals surface area contributed by atoms with Crippen LogP contribution in [0.2, 0.25) is 0 Å². The Morgan fingerprint density at radius 3 is 2.59 bits per heavy atom. The van der Waals surface area contributed by atoms with Crippen LogP contribution in [0.4, 0.5) is 0 Å². The van der Waals surface area contributed by atoms with E-state index in [1.165, 1.54) is 0 Å². The minimum Gasteiger partial charge on any atom is -0.497 e. The Morgan fingerprint density at radius 2 is 1.85 bits per heavy atom.